The molecule has 1 aliphatic rings. The lowest BCUT2D eigenvalue weighted by atomic mass is 9.97. The summed E-state index contributed by atoms with van der Waals surface area (Å²) >= 11 is 7.08. The number of benzene rings is 3. The molecule has 0 unspecified atom stereocenters. The maximum atomic E-state index is 12.6. The van der Waals surface area contributed by atoms with Crippen LogP contribution in [0.4, 0.5) is 10.7 Å². The molecule has 1 aliphatic carbocycles. The second kappa shape index (κ2) is 22.3. The first-order valence-corrected chi connectivity index (χ1v) is 19.0. The highest BCUT2D eigenvalue weighted by molar-refractivity contribution is 7.80. The summed E-state index contributed by atoms with van der Waals surface area (Å²) < 4.78 is 0. The Kier molecular flexibility index (Phi) is 17.8. The predicted octanol–water partition coefficient (Wildman–Crippen LogP) is 9.38. The number of amides is 2. The van der Waals surface area contributed by atoms with Gasteiger partial charge in [0.1, 0.15) is 0 Å². The number of carbonyl (C=O) groups excluding carboxylic acids is 2. The maximum absolute atomic E-state index is 12.6. The third-order valence-corrected chi connectivity index (χ3v) is 9.71. The van der Waals surface area contributed by atoms with E-state index >= 15 is 0 Å². The summed E-state index contributed by atoms with van der Waals surface area (Å²) in [4.78, 5) is 37.6. The van der Waals surface area contributed by atoms with E-state index < -0.39 is 10.8 Å². The number of carbonyl (C=O) groups is 2. The van der Waals surface area contributed by atoms with Crippen LogP contribution in [0.15, 0.2) is 84.9 Å². The molecule has 1 heterocycles. The van der Waals surface area contributed by atoms with Crippen LogP contribution in [0.1, 0.15) is 114 Å². The van der Waals surface area contributed by atoms with E-state index in [0.717, 1.165) is 36.0 Å². The van der Waals surface area contributed by atoms with E-state index in [9.17, 15) is 19.7 Å². The van der Waals surface area contributed by atoms with Gasteiger partial charge in [-0.25, -0.2) is 0 Å². The van der Waals surface area contributed by atoms with Crippen LogP contribution in [0.3, 0.4) is 0 Å². The molecule has 0 bridgehead atoms. The zero-order valence-electron chi connectivity index (χ0n) is 29.8. The lowest BCUT2D eigenvalue weighted by Crippen LogP contribution is -2.42. The molecular formula is C40H51N5O4S2. The molecule has 0 aliphatic heterocycles. The maximum Gasteiger partial charge on any atom is 0.269 e. The Morgan fingerprint density at radius 2 is 1.27 bits per heavy atom. The van der Waals surface area contributed by atoms with Crippen LogP contribution in [0.5, 0.6) is 0 Å². The number of nitro groups is 1. The SMILES string of the molecule is CCC.NC(=O)c1c(N)sc2c1CCCCCCCCCC2.O=C(NC(=S)N(Cc1ccccc1)Cc1ccccc1)c1ccc([N+](=O)[O-])cc1. The van der Waals surface area contributed by atoms with Crippen molar-refractivity contribution in [3.8, 4) is 0 Å². The molecule has 11 heteroatoms. The van der Waals surface area contributed by atoms with Crippen molar-refractivity contribution in [1.29, 1.82) is 0 Å². The zero-order chi connectivity index (χ0) is 37.0. The number of thiophene rings is 1. The minimum absolute atomic E-state index is 0.0705. The Morgan fingerprint density at radius 3 is 1.75 bits per heavy atom. The van der Waals surface area contributed by atoms with Crippen LogP contribution < -0.4 is 16.8 Å². The number of nitrogens with one attached hydrogen (secondary N) is 1. The number of nitrogens with zero attached hydrogens (tertiary/aromatic N) is 2. The van der Waals surface area contributed by atoms with Crippen molar-refractivity contribution in [2.75, 3.05) is 5.73 Å². The van der Waals surface area contributed by atoms with Crippen molar-refractivity contribution in [2.45, 2.75) is 97.6 Å². The summed E-state index contributed by atoms with van der Waals surface area (Å²) in [6.07, 6.45) is 13.5. The van der Waals surface area contributed by atoms with Crippen molar-refractivity contribution in [1.82, 2.24) is 10.2 Å². The van der Waals surface area contributed by atoms with Gasteiger partial charge in [0, 0.05) is 35.7 Å². The van der Waals surface area contributed by atoms with E-state index in [4.69, 9.17) is 23.7 Å². The zero-order valence-corrected chi connectivity index (χ0v) is 31.4. The molecule has 2 amide bonds. The third-order valence-electron chi connectivity index (χ3n) is 8.23. The number of anilines is 1. The summed E-state index contributed by atoms with van der Waals surface area (Å²) in [5.41, 5.74) is 15.6. The first-order chi connectivity index (χ1) is 24.6. The number of fused-ring (bicyclic) bond motifs is 1. The quantitative estimate of drug-likeness (QED) is 0.0977. The van der Waals surface area contributed by atoms with Gasteiger partial charge in [-0.05, 0) is 66.7 Å². The molecule has 0 saturated carbocycles. The standard InChI is InChI=1S/C22H19N3O3S.C15H24N2OS.C3H8/c26-21(19-11-13-20(14-12-19)25(27)28)23-22(29)24(15-17-7-3-1-4-8-17)16-18-9-5-2-6-10-18;16-14(18)13-11-9-7-5-3-1-2-4-6-8-10-12(11)19-15(13)17;1-3-2/h1-14H,15-16H2,(H,23,26,29);1-10,17H2,(H2,16,18);3H2,1-2H3. The number of nitrogens with two attached hydrogens (primary N) is 2. The van der Waals surface area contributed by atoms with Crippen molar-refractivity contribution in [3.63, 3.8) is 0 Å². The minimum Gasteiger partial charge on any atom is -0.390 e. The van der Waals surface area contributed by atoms with E-state index in [1.807, 2.05) is 65.6 Å². The summed E-state index contributed by atoms with van der Waals surface area (Å²) in [5.74, 6) is -0.766. The van der Waals surface area contributed by atoms with Crippen LogP contribution in [0, 0.1) is 10.1 Å². The number of rotatable bonds is 7. The van der Waals surface area contributed by atoms with Gasteiger partial charge >= 0.3 is 0 Å². The Labute approximate surface area is 311 Å². The molecule has 0 radical (unpaired) electrons. The Balaban J connectivity index is 0.000000275. The fourth-order valence-electron chi connectivity index (χ4n) is 5.71. The fraction of sp³-hybridized carbons (Fsp3) is 0.375. The van der Waals surface area contributed by atoms with Crippen molar-refractivity contribution in [2.24, 2.45) is 5.73 Å². The molecular weight excluding hydrogens is 679 g/mol. The number of non-ortho nitro benzene ring substituents is 1. The average molecular weight is 730 g/mol. The minimum atomic E-state index is -0.506. The van der Waals surface area contributed by atoms with E-state index in [1.54, 1.807) is 11.3 Å². The van der Waals surface area contributed by atoms with E-state index in [2.05, 4.69) is 19.2 Å². The lowest BCUT2D eigenvalue weighted by molar-refractivity contribution is -0.384. The number of aryl methyl sites for hydroxylation is 1. The van der Waals surface area contributed by atoms with Crippen LogP contribution in [-0.2, 0) is 25.9 Å². The Morgan fingerprint density at radius 1 is 0.804 bits per heavy atom. The molecule has 9 nitrogen and oxygen atoms in total. The molecule has 0 fully saturated rings. The second-order valence-corrected chi connectivity index (χ2v) is 14.1. The van der Waals surface area contributed by atoms with Crippen molar-refractivity contribution >= 4 is 51.2 Å². The van der Waals surface area contributed by atoms with Gasteiger partial charge in [-0.1, -0.05) is 119 Å². The summed E-state index contributed by atoms with van der Waals surface area (Å²) in [5, 5.41) is 14.4. The first-order valence-electron chi connectivity index (χ1n) is 17.8. The molecule has 0 saturated heterocycles. The molecule has 3 aromatic carbocycles. The largest absolute Gasteiger partial charge is 0.390 e. The lowest BCUT2D eigenvalue weighted by Gasteiger charge is -2.25. The van der Waals surface area contributed by atoms with Crippen molar-refractivity contribution < 1.29 is 14.5 Å². The molecule has 5 N–H and O–H groups in total. The van der Waals surface area contributed by atoms with Gasteiger partial charge in [-0.2, -0.15) is 0 Å². The molecule has 0 spiro atoms. The molecule has 51 heavy (non-hydrogen) atoms. The number of nitro benzene ring substituents is 1. The van der Waals surface area contributed by atoms with Gasteiger partial charge in [-0.3, -0.25) is 25.0 Å². The predicted molar refractivity (Wildman–Crippen MR) is 213 cm³/mol. The fourth-order valence-corrected chi connectivity index (χ4v) is 7.09. The van der Waals surface area contributed by atoms with Crippen LogP contribution in [-0.4, -0.2) is 26.8 Å². The number of hydrogen-bond donors (Lipinski definition) is 3. The molecule has 272 valence electrons. The van der Waals surface area contributed by atoms with Gasteiger partial charge in [0.25, 0.3) is 17.5 Å². The van der Waals surface area contributed by atoms with Crippen LogP contribution in [0.25, 0.3) is 0 Å². The van der Waals surface area contributed by atoms with Crippen LogP contribution in [0.2, 0.25) is 0 Å². The molecule has 4 aromatic rings. The second-order valence-electron chi connectivity index (χ2n) is 12.5. The number of primary amides is 1. The van der Waals surface area contributed by atoms with Crippen molar-refractivity contribution in [3.05, 3.63) is 128 Å². The normalized spacial score (nSPS) is 12.9. The summed E-state index contributed by atoms with van der Waals surface area (Å²) in [6.45, 7) is 5.32. The van der Waals surface area contributed by atoms with E-state index in [1.165, 1.54) is 80.5 Å². The number of nitrogen functional groups attached to an aromatic ring is 1. The molecule has 0 atom stereocenters. The van der Waals surface area contributed by atoms with E-state index in [0.29, 0.717) is 34.3 Å². The highest BCUT2D eigenvalue weighted by atomic mass is 32.1. The van der Waals surface area contributed by atoms with E-state index in [-0.39, 0.29) is 11.6 Å². The van der Waals surface area contributed by atoms with Crippen LogP contribution >= 0.6 is 23.6 Å². The van der Waals surface area contributed by atoms with Gasteiger partial charge < -0.3 is 16.4 Å². The third kappa shape index (κ3) is 13.9. The topological polar surface area (TPSA) is 145 Å². The number of hydrogen-bond acceptors (Lipinski definition) is 7. The van der Waals surface area contributed by atoms with Gasteiger partial charge in [0.05, 0.1) is 15.5 Å². The summed E-state index contributed by atoms with van der Waals surface area (Å²) in [7, 11) is 0. The van der Waals surface area contributed by atoms with Gasteiger partial charge in [0.15, 0.2) is 5.11 Å². The monoisotopic (exact) mass is 729 g/mol. The highest BCUT2D eigenvalue weighted by Gasteiger charge is 2.20. The number of thiocarbonyl (C=S) groups is 1. The first kappa shape index (κ1) is 40.8. The molecule has 5 rings (SSSR count). The van der Waals surface area contributed by atoms with Gasteiger partial charge in [0.2, 0.25) is 0 Å². The smallest absolute Gasteiger partial charge is 0.269 e. The average Bonchev–Trinajstić information content (AvgIpc) is 3.43. The highest BCUT2D eigenvalue weighted by Crippen LogP contribution is 2.34. The molecule has 1 aromatic heterocycles. The van der Waals surface area contributed by atoms with Gasteiger partial charge in [-0.15, -0.1) is 11.3 Å². The summed E-state index contributed by atoms with van der Waals surface area (Å²) in [6, 6.07) is 25.1. The Bertz CT molecular complexity index is 1640. The Hall–Kier alpha value is -4.61.